The van der Waals surface area contributed by atoms with Crippen LogP contribution in [0.2, 0.25) is 0 Å². The van der Waals surface area contributed by atoms with Crippen LogP contribution in [0.15, 0.2) is 21.9 Å². The highest BCUT2D eigenvalue weighted by molar-refractivity contribution is 5.74. The molecule has 0 aliphatic rings. The molecule has 0 saturated heterocycles. The number of amides is 1. The molecule has 0 aliphatic heterocycles. The van der Waals surface area contributed by atoms with E-state index in [1.807, 2.05) is 0 Å². The molecule has 18 heavy (non-hydrogen) atoms. The molecule has 100 valence electrons. The molecule has 0 saturated carbocycles. The number of hydroxylamine groups is 1. The molecule has 1 heterocycles. The normalized spacial score (nSPS) is 10.3. The van der Waals surface area contributed by atoms with Crippen molar-refractivity contribution in [3.63, 3.8) is 0 Å². The Hall–Kier alpha value is -1.93. The maximum Gasteiger partial charge on any atom is 0.331 e. The molecular formula is C10H15N3O5. The van der Waals surface area contributed by atoms with Gasteiger partial charge in [-0.3, -0.25) is 23.6 Å². The second kappa shape index (κ2) is 6.72. The minimum Gasteiger partial charge on any atom is -0.382 e. The van der Waals surface area contributed by atoms with Crippen LogP contribution < -0.4 is 16.7 Å². The molecule has 0 atom stereocenters. The minimum absolute atomic E-state index is 0.213. The van der Waals surface area contributed by atoms with Crippen LogP contribution in [0.4, 0.5) is 0 Å². The zero-order valence-electron chi connectivity index (χ0n) is 10.2. The summed E-state index contributed by atoms with van der Waals surface area (Å²) in [4.78, 5) is 38.9. The first kappa shape index (κ1) is 14.1. The zero-order chi connectivity index (χ0) is 13.5. The molecule has 1 aromatic heterocycles. The fourth-order valence-electron chi connectivity index (χ4n) is 1.18. The summed E-state index contributed by atoms with van der Waals surface area (Å²) in [6, 6.07) is 1.21. The average molecular weight is 257 g/mol. The Bertz CT molecular complexity index is 519. The van der Waals surface area contributed by atoms with Crippen molar-refractivity contribution in [2.75, 3.05) is 20.3 Å². The van der Waals surface area contributed by atoms with Crippen molar-refractivity contribution in [1.82, 2.24) is 14.6 Å². The first-order valence-corrected chi connectivity index (χ1v) is 5.22. The number of ether oxygens (including phenoxy) is 1. The van der Waals surface area contributed by atoms with Crippen molar-refractivity contribution in [2.45, 2.75) is 6.54 Å². The second-order valence-electron chi connectivity index (χ2n) is 3.49. The average Bonchev–Trinajstić information content (AvgIpc) is 2.35. The maximum atomic E-state index is 11.6. The number of aromatic nitrogens is 2. The lowest BCUT2D eigenvalue weighted by Gasteiger charge is -2.08. The van der Waals surface area contributed by atoms with Gasteiger partial charge >= 0.3 is 5.69 Å². The van der Waals surface area contributed by atoms with E-state index < -0.39 is 17.2 Å². The smallest absolute Gasteiger partial charge is 0.331 e. The van der Waals surface area contributed by atoms with E-state index in [0.29, 0.717) is 6.61 Å². The van der Waals surface area contributed by atoms with E-state index in [1.54, 1.807) is 0 Å². The van der Waals surface area contributed by atoms with E-state index in [1.165, 1.54) is 26.4 Å². The van der Waals surface area contributed by atoms with Gasteiger partial charge in [0.2, 0.25) is 0 Å². The Morgan fingerprint density at radius 3 is 2.78 bits per heavy atom. The van der Waals surface area contributed by atoms with Crippen LogP contribution in [0.5, 0.6) is 0 Å². The van der Waals surface area contributed by atoms with Gasteiger partial charge in [0, 0.05) is 26.4 Å². The van der Waals surface area contributed by atoms with E-state index in [9.17, 15) is 14.4 Å². The number of hydrogen-bond donors (Lipinski definition) is 1. The van der Waals surface area contributed by atoms with E-state index in [2.05, 4.69) is 5.48 Å². The molecule has 8 heteroatoms. The monoisotopic (exact) mass is 257 g/mol. The van der Waals surface area contributed by atoms with Crippen LogP contribution in [0.25, 0.3) is 0 Å². The van der Waals surface area contributed by atoms with Gasteiger partial charge in [0.05, 0.1) is 13.2 Å². The highest BCUT2D eigenvalue weighted by atomic mass is 16.7. The lowest BCUT2D eigenvalue weighted by Crippen LogP contribution is -2.40. The summed E-state index contributed by atoms with van der Waals surface area (Å²) in [5.41, 5.74) is 1.18. The largest absolute Gasteiger partial charge is 0.382 e. The third-order valence-corrected chi connectivity index (χ3v) is 2.15. The number of carbonyl (C=O) groups is 1. The summed E-state index contributed by atoms with van der Waals surface area (Å²) in [7, 11) is 2.85. The van der Waals surface area contributed by atoms with Gasteiger partial charge in [-0.2, -0.15) is 0 Å². The third kappa shape index (κ3) is 3.82. The number of nitrogens with zero attached hydrogens (tertiary/aromatic N) is 2. The molecule has 1 N–H and O–H groups in total. The van der Waals surface area contributed by atoms with Crippen molar-refractivity contribution in [1.29, 1.82) is 0 Å². The molecule has 0 radical (unpaired) electrons. The summed E-state index contributed by atoms with van der Waals surface area (Å²) < 4.78 is 6.74. The zero-order valence-corrected chi connectivity index (χ0v) is 10.2. The number of carbonyl (C=O) groups excluding carboxylic acids is 1. The molecule has 0 aromatic carbocycles. The quantitative estimate of drug-likeness (QED) is 0.481. The fraction of sp³-hybridized carbons (Fsp3) is 0.500. The molecule has 0 spiro atoms. The molecule has 0 aliphatic carbocycles. The molecule has 1 rings (SSSR count). The summed E-state index contributed by atoms with van der Waals surface area (Å²) in [6.07, 6.45) is 1.26. The van der Waals surface area contributed by atoms with Crippen molar-refractivity contribution >= 4 is 5.91 Å². The highest BCUT2D eigenvalue weighted by Crippen LogP contribution is 1.80. The van der Waals surface area contributed by atoms with Gasteiger partial charge in [0.1, 0.15) is 6.54 Å². The maximum absolute atomic E-state index is 11.6. The molecule has 8 nitrogen and oxygen atoms in total. The summed E-state index contributed by atoms with van der Waals surface area (Å²) in [5.74, 6) is -0.494. The van der Waals surface area contributed by atoms with Gasteiger partial charge in [-0.15, -0.1) is 0 Å². The third-order valence-electron chi connectivity index (χ3n) is 2.15. The van der Waals surface area contributed by atoms with E-state index in [-0.39, 0.29) is 13.2 Å². The minimum atomic E-state index is -0.561. The van der Waals surface area contributed by atoms with E-state index >= 15 is 0 Å². The van der Waals surface area contributed by atoms with Crippen LogP contribution in [0, 0.1) is 0 Å². The topological polar surface area (TPSA) is 91.6 Å². The van der Waals surface area contributed by atoms with Crippen LogP contribution in [-0.2, 0) is 28.0 Å². The van der Waals surface area contributed by atoms with Crippen molar-refractivity contribution in [2.24, 2.45) is 7.05 Å². The molecule has 0 unspecified atom stereocenters. The standard InChI is InChI=1S/C10H15N3O5/c1-12-9(15)3-4-13(10(12)16)7-8(14)11-18-6-5-17-2/h3-4H,5-7H2,1-2H3,(H,11,14). The van der Waals surface area contributed by atoms with E-state index in [0.717, 1.165) is 9.13 Å². The van der Waals surface area contributed by atoms with Crippen molar-refractivity contribution in [3.8, 4) is 0 Å². The predicted octanol–water partition coefficient (Wildman–Crippen LogP) is -1.76. The Labute approximate surface area is 103 Å². The first-order chi connectivity index (χ1) is 8.56. The number of nitrogens with one attached hydrogen (secondary N) is 1. The predicted molar refractivity (Wildman–Crippen MR) is 61.9 cm³/mol. The Morgan fingerprint density at radius 1 is 1.39 bits per heavy atom. The van der Waals surface area contributed by atoms with E-state index in [4.69, 9.17) is 9.57 Å². The number of hydrogen-bond acceptors (Lipinski definition) is 5. The van der Waals surface area contributed by atoms with Crippen molar-refractivity contribution in [3.05, 3.63) is 33.1 Å². The van der Waals surface area contributed by atoms with Gasteiger partial charge in [0.25, 0.3) is 11.5 Å². The van der Waals surface area contributed by atoms with Gasteiger partial charge < -0.3 is 4.74 Å². The SMILES string of the molecule is COCCONC(=O)Cn1ccc(=O)n(C)c1=O. The van der Waals surface area contributed by atoms with Gasteiger partial charge in [-0.1, -0.05) is 0 Å². The Balaban J connectivity index is 2.58. The molecular weight excluding hydrogens is 242 g/mol. The number of rotatable bonds is 6. The first-order valence-electron chi connectivity index (χ1n) is 5.22. The fourth-order valence-corrected chi connectivity index (χ4v) is 1.18. The lowest BCUT2D eigenvalue weighted by atomic mass is 10.5. The summed E-state index contributed by atoms with van der Waals surface area (Å²) in [6.45, 7) is 0.338. The molecule has 0 bridgehead atoms. The van der Waals surface area contributed by atoms with Gasteiger partial charge in [-0.05, 0) is 0 Å². The molecule has 1 amide bonds. The van der Waals surface area contributed by atoms with Gasteiger partial charge in [-0.25, -0.2) is 10.3 Å². The molecule has 0 fully saturated rings. The van der Waals surface area contributed by atoms with Crippen LogP contribution >= 0.6 is 0 Å². The van der Waals surface area contributed by atoms with Crippen LogP contribution in [0.1, 0.15) is 0 Å². The summed E-state index contributed by atoms with van der Waals surface area (Å²) >= 11 is 0. The Morgan fingerprint density at radius 2 is 2.11 bits per heavy atom. The van der Waals surface area contributed by atoms with Crippen molar-refractivity contribution < 1.29 is 14.4 Å². The summed E-state index contributed by atoms with van der Waals surface area (Å²) in [5, 5.41) is 0. The molecule has 1 aromatic rings. The highest BCUT2D eigenvalue weighted by Gasteiger charge is 2.06. The second-order valence-corrected chi connectivity index (χ2v) is 3.49. The van der Waals surface area contributed by atoms with Gasteiger partial charge in [0.15, 0.2) is 0 Å². The number of methoxy groups -OCH3 is 1. The lowest BCUT2D eigenvalue weighted by molar-refractivity contribution is -0.135. The van der Waals surface area contributed by atoms with Crippen LogP contribution in [0.3, 0.4) is 0 Å². The van der Waals surface area contributed by atoms with Crippen LogP contribution in [-0.4, -0.2) is 35.4 Å². The Kier molecular flexibility index (Phi) is 5.28.